The fourth-order valence-electron chi connectivity index (χ4n) is 1.97. The molecule has 2 aromatic rings. The summed E-state index contributed by atoms with van der Waals surface area (Å²) in [5, 5.41) is 9.75. The molecule has 0 amide bonds. The molecular weight excluding hydrogens is 264 g/mol. The third-order valence-corrected chi connectivity index (χ3v) is 2.94. The second-order valence-corrected chi connectivity index (χ2v) is 4.38. The van der Waals surface area contributed by atoms with Gasteiger partial charge in [0.05, 0.1) is 5.69 Å². The van der Waals surface area contributed by atoms with Crippen LogP contribution in [-0.4, -0.2) is 21.8 Å². The van der Waals surface area contributed by atoms with E-state index in [1.807, 2.05) is 20.2 Å². The Morgan fingerprint density at radius 1 is 1.25 bits per heavy atom. The first kappa shape index (κ1) is 14.2. The van der Waals surface area contributed by atoms with Crippen LogP contribution in [0.15, 0.2) is 12.3 Å². The summed E-state index contributed by atoms with van der Waals surface area (Å²) in [6.07, 6.45) is 2.66. The number of rotatable bonds is 5. The van der Waals surface area contributed by atoms with Gasteiger partial charge < -0.3 is 10.6 Å². The Balaban J connectivity index is 2.18. The van der Waals surface area contributed by atoms with E-state index in [2.05, 4.69) is 20.7 Å². The molecule has 0 saturated carbocycles. The molecule has 0 aliphatic carbocycles. The Hall–Kier alpha value is -2.18. The van der Waals surface area contributed by atoms with Gasteiger partial charge in [-0.05, 0) is 6.42 Å². The number of halogens is 2. The van der Waals surface area contributed by atoms with Gasteiger partial charge in [0.2, 0.25) is 0 Å². The molecule has 20 heavy (non-hydrogen) atoms. The van der Waals surface area contributed by atoms with Crippen LogP contribution in [0.1, 0.15) is 18.2 Å². The van der Waals surface area contributed by atoms with Crippen LogP contribution >= 0.6 is 0 Å². The average molecular weight is 281 g/mol. The number of aromatic nitrogens is 3. The first-order valence-corrected chi connectivity index (χ1v) is 6.34. The van der Waals surface area contributed by atoms with Gasteiger partial charge in [-0.25, -0.2) is 13.8 Å². The SMILES string of the molecule is CCc1nn(C)cc1CNc1nc(NC)c(F)cc1F. The average Bonchev–Trinajstić information content (AvgIpc) is 2.78. The van der Waals surface area contributed by atoms with Gasteiger partial charge in [0, 0.05) is 38.5 Å². The lowest BCUT2D eigenvalue weighted by Gasteiger charge is -2.09. The lowest BCUT2D eigenvalue weighted by Crippen LogP contribution is -2.07. The molecule has 2 heterocycles. The molecule has 0 aliphatic rings. The van der Waals surface area contributed by atoms with E-state index in [4.69, 9.17) is 0 Å². The van der Waals surface area contributed by atoms with Crippen LogP contribution in [0.4, 0.5) is 20.4 Å². The molecule has 2 rings (SSSR count). The zero-order valence-corrected chi connectivity index (χ0v) is 11.7. The number of pyridine rings is 1. The summed E-state index contributed by atoms with van der Waals surface area (Å²) in [6, 6.07) is 0.811. The quantitative estimate of drug-likeness (QED) is 0.883. The molecule has 0 aromatic carbocycles. The van der Waals surface area contributed by atoms with E-state index in [0.29, 0.717) is 6.54 Å². The van der Waals surface area contributed by atoms with Gasteiger partial charge in [-0.15, -0.1) is 0 Å². The van der Waals surface area contributed by atoms with Crippen molar-refractivity contribution in [3.05, 3.63) is 35.2 Å². The molecule has 0 radical (unpaired) electrons. The molecule has 2 N–H and O–H groups in total. The highest BCUT2D eigenvalue weighted by Crippen LogP contribution is 2.19. The molecule has 0 atom stereocenters. The van der Waals surface area contributed by atoms with Crippen LogP contribution in [0.2, 0.25) is 0 Å². The summed E-state index contributed by atoms with van der Waals surface area (Å²) >= 11 is 0. The third kappa shape index (κ3) is 2.87. The van der Waals surface area contributed by atoms with Gasteiger partial charge in [0.15, 0.2) is 23.3 Å². The van der Waals surface area contributed by atoms with Crippen molar-refractivity contribution in [3.63, 3.8) is 0 Å². The summed E-state index contributed by atoms with van der Waals surface area (Å²) in [5.74, 6) is -1.41. The number of nitrogens with one attached hydrogen (secondary N) is 2. The number of aryl methyl sites for hydroxylation is 2. The van der Waals surface area contributed by atoms with Gasteiger partial charge in [-0.3, -0.25) is 4.68 Å². The number of hydrogen-bond acceptors (Lipinski definition) is 4. The van der Waals surface area contributed by atoms with Crippen molar-refractivity contribution >= 4 is 11.6 Å². The minimum absolute atomic E-state index is 0.0100. The monoisotopic (exact) mass is 281 g/mol. The Morgan fingerprint density at radius 2 is 1.95 bits per heavy atom. The van der Waals surface area contributed by atoms with Crippen molar-refractivity contribution in [2.75, 3.05) is 17.7 Å². The Labute approximate surface area is 116 Å². The van der Waals surface area contributed by atoms with Crippen LogP contribution in [0.5, 0.6) is 0 Å². The van der Waals surface area contributed by atoms with Gasteiger partial charge in [-0.2, -0.15) is 5.10 Å². The molecule has 0 fully saturated rings. The highest BCUT2D eigenvalue weighted by atomic mass is 19.1. The van der Waals surface area contributed by atoms with Gasteiger partial charge in [0.1, 0.15) is 0 Å². The predicted octanol–water partition coefficient (Wildman–Crippen LogP) is 2.31. The molecule has 0 bridgehead atoms. The third-order valence-electron chi connectivity index (χ3n) is 2.94. The van der Waals surface area contributed by atoms with Crippen molar-refractivity contribution < 1.29 is 8.78 Å². The molecule has 0 saturated heterocycles. The minimum Gasteiger partial charge on any atom is -0.371 e. The molecular formula is C13H17F2N5. The maximum atomic E-state index is 13.6. The first-order chi connectivity index (χ1) is 9.55. The molecule has 2 aromatic heterocycles. The number of hydrogen-bond donors (Lipinski definition) is 2. The second-order valence-electron chi connectivity index (χ2n) is 4.38. The highest BCUT2D eigenvalue weighted by Gasteiger charge is 2.12. The molecule has 5 nitrogen and oxygen atoms in total. The van der Waals surface area contributed by atoms with E-state index in [0.717, 1.165) is 23.7 Å². The van der Waals surface area contributed by atoms with Crippen LogP contribution in [-0.2, 0) is 20.0 Å². The molecule has 0 aliphatic heterocycles. The molecule has 0 unspecified atom stereocenters. The summed E-state index contributed by atoms with van der Waals surface area (Å²) in [6.45, 7) is 2.39. The smallest absolute Gasteiger partial charge is 0.168 e. The fraction of sp³-hybridized carbons (Fsp3) is 0.385. The lowest BCUT2D eigenvalue weighted by molar-refractivity contribution is 0.578. The molecule has 108 valence electrons. The molecule has 0 spiro atoms. The molecule has 7 heteroatoms. The minimum atomic E-state index is -0.719. The van der Waals surface area contributed by atoms with Gasteiger partial charge in [-0.1, -0.05) is 6.92 Å². The van der Waals surface area contributed by atoms with Gasteiger partial charge in [0.25, 0.3) is 0 Å². The first-order valence-electron chi connectivity index (χ1n) is 6.34. The topological polar surface area (TPSA) is 54.8 Å². The van der Waals surface area contributed by atoms with E-state index in [1.165, 1.54) is 7.05 Å². The fourth-order valence-corrected chi connectivity index (χ4v) is 1.97. The Morgan fingerprint density at radius 3 is 2.60 bits per heavy atom. The van der Waals surface area contributed by atoms with Crippen LogP contribution in [0.3, 0.4) is 0 Å². The standard InChI is InChI=1S/C13H17F2N5/c1-4-11-8(7-20(3)19-11)6-17-13-10(15)5-9(14)12(16-2)18-13/h5,7H,4,6H2,1-3H3,(H2,16,17,18). The Kier molecular flexibility index (Phi) is 4.16. The van der Waals surface area contributed by atoms with Crippen molar-refractivity contribution in [3.8, 4) is 0 Å². The summed E-state index contributed by atoms with van der Waals surface area (Å²) < 4.78 is 28.7. The predicted molar refractivity (Wildman–Crippen MR) is 73.6 cm³/mol. The van der Waals surface area contributed by atoms with Crippen molar-refractivity contribution in [2.45, 2.75) is 19.9 Å². The van der Waals surface area contributed by atoms with Crippen molar-refractivity contribution in [1.82, 2.24) is 14.8 Å². The summed E-state index contributed by atoms with van der Waals surface area (Å²) in [7, 11) is 3.36. The number of nitrogens with zero attached hydrogens (tertiary/aromatic N) is 3. The van der Waals surface area contributed by atoms with E-state index in [9.17, 15) is 8.78 Å². The van der Waals surface area contributed by atoms with E-state index < -0.39 is 11.6 Å². The van der Waals surface area contributed by atoms with Crippen LogP contribution < -0.4 is 10.6 Å². The van der Waals surface area contributed by atoms with E-state index in [-0.39, 0.29) is 11.6 Å². The lowest BCUT2D eigenvalue weighted by atomic mass is 10.2. The maximum Gasteiger partial charge on any atom is 0.168 e. The highest BCUT2D eigenvalue weighted by molar-refractivity contribution is 5.47. The van der Waals surface area contributed by atoms with Crippen molar-refractivity contribution in [2.24, 2.45) is 7.05 Å². The van der Waals surface area contributed by atoms with E-state index in [1.54, 1.807) is 4.68 Å². The van der Waals surface area contributed by atoms with Crippen molar-refractivity contribution in [1.29, 1.82) is 0 Å². The number of anilines is 2. The Bertz CT molecular complexity index is 609. The van der Waals surface area contributed by atoms with Crippen LogP contribution in [0, 0.1) is 11.6 Å². The van der Waals surface area contributed by atoms with E-state index >= 15 is 0 Å². The zero-order valence-electron chi connectivity index (χ0n) is 11.7. The van der Waals surface area contributed by atoms with Gasteiger partial charge >= 0.3 is 0 Å². The second kappa shape index (κ2) is 5.85. The zero-order chi connectivity index (χ0) is 14.7. The van der Waals surface area contributed by atoms with Crippen LogP contribution in [0.25, 0.3) is 0 Å². The maximum absolute atomic E-state index is 13.6. The largest absolute Gasteiger partial charge is 0.371 e. The summed E-state index contributed by atoms with van der Waals surface area (Å²) in [4.78, 5) is 3.87. The summed E-state index contributed by atoms with van der Waals surface area (Å²) in [5.41, 5.74) is 1.91. The normalized spacial score (nSPS) is 10.7.